The number of nitrogen functional groups attached to an aromatic ring is 2. The number of anilines is 2. The molecule has 6 N–H and O–H groups in total. The maximum Gasteiger partial charge on any atom is 0.430 e. The number of hydrogen-bond donors (Lipinski definition) is 4. The van der Waals surface area contributed by atoms with Crippen LogP contribution >= 0.6 is 0 Å². The van der Waals surface area contributed by atoms with Crippen LogP contribution in [0.4, 0.5) is 64.1 Å². The Balaban J connectivity index is 2.19. The molecule has 0 aromatic heterocycles. The molecule has 4 nitrogen and oxygen atoms in total. The van der Waals surface area contributed by atoms with Crippen molar-refractivity contribution in [3.63, 3.8) is 0 Å². The van der Waals surface area contributed by atoms with Gasteiger partial charge in [-0.3, -0.25) is 0 Å². The van der Waals surface area contributed by atoms with Crippen LogP contribution in [0, 0.1) is 0 Å². The average Bonchev–Trinajstić information content (AvgIpc) is 2.78. The third-order valence-electron chi connectivity index (χ3n) is 6.54. The van der Waals surface area contributed by atoms with Crippen LogP contribution in [0.5, 0.6) is 0 Å². The Morgan fingerprint density at radius 3 is 0.975 bits per heavy atom. The Kier molecular flexibility index (Phi) is 6.18. The molecule has 0 aliphatic heterocycles. The van der Waals surface area contributed by atoms with Gasteiger partial charge >= 0.3 is 24.7 Å². The minimum absolute atomic E-state index is 0.0449. The standard InChI is InChI=1S/C24H14F12N2O2/c25-21(26,27)19(39,22(28,29)30)17-13-7-12-8-14-10(6-11(12)5-9(13)1-3-15(17)37)2-4-16(38)18(14)20(40,23(31,32)33)24(34,35)36/h1-8,39-40H,37-38H2. The van der Waals surface area contributed by atoms with Gasteiger partial charge in [0.1, 0.15) is 0 Å². The van der Waals surface area contributed by atoms with Crippen LogP contribution in [-0.4, -0.2) is 34.9 Å². The maximum atomic E-state index is 13.7. The normalized spacial score (nSPS) is 14.4. The Morgan fingerprint density at radius 1 is 0.425 bits per heavy atom. The van der Waals surface area contributed by atoms with E-state index in [4.69, 9.17) is 11.5 Å². The topological polar surface area (TPSA) is 92.5 Å². The van der Waals surface area contributed by atoms with Crippen molar-refractivity contribution in [2.24, 2.45) is 0 Å². The molecule has 0 bridgehead atoms. The lowest BCUT2D eigenvalue weighted by Crippen LogP contribution is -2.54. The zero-order chi connectivity index (χ0) is 30.4. The van der Waals surface area contributed by atoms with Gasteiger partial charge in [-0.1, -0.05) is 12.1 Å². The summed E-state index contributed by atoms with van der Waals surface area (Å²) in [6, 6.07) is 6.51. The third-order valence-corrected chi connectivity index (χ3v) is 6.54. The fraction of sp³-hybridized carbons (Fsp3) is 0.250. The Bertz CT molecular complexity index is 1510. The molecule has 0 radical (unpaired) electrons. The number of halogens is 12. The molecule has 0 spiro atoms. The lowest BCUT2D eigenvalue weighted by Gasteiger charge is -2.34. The molecule has 40 heavy (non-hydrogen) atoms. The summed E-state index contributed by atoms with van der Waals surface area (Å²) in [7, 11) is 0. The first-order valence-electron chi connectivity index (χ1n) is 10.7. The monoisotopic (exact) mass is 590 g/mol. The molecule has 0 aliphatic carbocycles. The molecular weight excluding hydrogens is 576 g/mol. The number of alkyl halides is 12. The lowest BCUT2D eigenvalue weighted by molar-refractivity contribution is -0.376. The smallest absolute Gasteiger partial charge is 0.398 e. The molecule has 0 amide bonds. The van der Waals surface area contributed by atoms with E-state index in [0.717, 1.165) is 24.3 Å². The van der Waals surface area contributed by atoms with Gasteiger partial charge in [0.15, 0.2) is 0 Å². The molecule has 16 heteroatoms. The van der Waals surface area contributed by atoms with E-state index in [0.29, 0.717) is 24.3 Å². The van der Waals surface area contributed by atoms with Crippen molar-refractivity contribution in [2.45, 2.75) is 35.9 Å². The van der Waals surface area contributed by atoms with Gasteiger partial charge < -0.3 is 21.7 Å². The molecule has 0 fully saturated rings. The Hall–Kier alpha value is -3.66. The van der Waals surface area contributed by atoms with Crippen LogP contribution in [0.25, 0.3) is 32.3 Å². The van der Waals surface area contributed by atoms with E-state index >= 15 is 0 Å². The molecule has 0 unspecified atom stereocenters. The predicted molar refractivity (Wildman–Crippen MR) is 120 cm³/mol. The molecular formula is C24H14F12N2O2. The van der Waals surface area contributed by atoms with Gasteiger partial charge in [0, 0.05) is 22.5 Å². The molecule has 4 aromatic rings. The first kappa shape index (κ1) is 29.3. The van der Waals surface area contributed by atoms with Gasteiger partial charge in [-0.15, -0.1) is 0 Å². The van der Waals surface area contributed by atoms with E-state index in [-0.39, 0.29) is 16.2 Å². The fourth-order valence-corrected chi connectivity index (χ4v) is 4.63. The van der Waals surface area contributed by atoms with Gasteiger partial charge in [0.2, 0.25) is 0 Å². The van der Waals surface area contributed by atoms with Crippen LogP contribution in [-0.2, 0) is 11.2 Å². The second-order valence-corrected chi connectivity index (χ2v) is 8.97. The number of hydrogen-bond acceptors (Lipinski definition) is 4. The summed E-state index contributed by atoms with van der Waals surface area (Å²) in [5.74, 6) is 0. The summed E-state index contributed by atoms with van der Waals surface area (Å²) < 4.78 is 164. The number of benzene rings is 4. The van der Waals surface area contributed by atoms with Crippen molar-refractivity contribution < 1.29 is 62.9 Å². The summed E-state index contributed by atoms with van der Waals surface area (Å²) >= 11 is 0. The Morgan fingerprint density at radius 2 is 0.700 bits per heavy atom. The summed E-state index contributed by atoms with van der Waals surface area (Å²) in [5, 5.41) is 17.0. The van der Waals surface area contributed by atoms with Gasteiger partial charge in [-0.2, -0.15) is 52.7 Å². The molecule has 4 rings (SSSR count). The highest BCUT2D eigenvalue weighted by atomic mass is 19.4. The second-order valence-electron chi connectivity index (χ2n) is 8.97. The third kappa shape index (κ3) is 3.95. The molecule has 0 heterocycles. The summed E-state index contributed by atoms with van der Waals surface area (Å²) in [5.41, 5.74) is -6.13. The number of rotatable bonds is 2. The SMILES string of the molecule is Nc1ccc2cc3cc4ccc(N)c(C(O)(C(F)(F)F)C(F)(F)F)c4cc3cc2c1C(O)(C(F)(F)F)C(F)(F)F. The quantitative estimate of drug-likeness (QED) is 0.116. The summed E-state index contributed by atoms with van der Waals surface area (Å²) in [6.45, 7) is 0. The molecule has 216 valence electrons. The van der Waals surface area contributed by atoms with E-state index in [2.05, 4.69) is 0 Å². The predicted octanol–water partition coefficient (Wildman–Crippen LogP) is 6.94. The minimum atomic E-state index is -6.36. The molecule has 0 aliphatic rings. The highest BCUT2D eigenvalue weighted by molar-refractivity contribution is 6.08. The van der Waals surface area contributed by atoms with Crippen molar-refractivity contribution in [2.75, 3.05) is 11.5 Å². The highest BCUT2D eigenvalue weighted by Crippen LogP contribution is 2.55. The minimum Gasteiger partial charge on any atom is -0.398 e. The second kappa shape index (κ2) is 8.42. The van der Waals surface area contributed by atoms with Crippen molar-refractivity contribution in [3.05, 3.63) is 59.7 Å². The molecule has 4 aromatic carbocycles. The van der Waals surface area contributed by atoms with Crippen molar-refractivity contribution >= 4 is 43.7 Å². The van der Waals surface area contributed by atoms with Crippen LogP contribution in [0.2, 0.25) is 0 Å². The summed E-state index contributed by atoms with van der Waals surface area (Å²) in [4.78, 5) is 0. The maximum absolute atomic E-state index is 13.7. The number of fused-ring (bicyclic) bond motifs is 3. The van der Waals surface area contributed by atoms with Crippen molar-refractivity contribution in [1.82, 2.24) is 0 Å². The van der Waals surface area contributed by atoms with Gasteiger partial charge in [-0.25, -0.2) is 0 Å². The Labute approximate surface area is 214 Å². The van der Waals surface area contributed by atoms with Gasteiger partial charge in [-0.05, 0) is 68.7 Å². The lowest BCUT2D eigenvalue weighted by atomic mass is 9.84. The van der Waals surface area contributed by atoms with E-state index < -0.39 is 74.6 Å². The largest absolute Gasteiger partial charge is 0.430 e. The van der Waals surface area contributed by atoms with E-state index in [1.54, 1.807) is 0 Å². The number of aliphatic hydroxyl groups is 2. The molecule has 0 saturated heterocycles. The molecule has 0 saturated carbocycles. The van der Waals surface area contributed by atoms with Crippen molar-refractivity contribution in [3.8, 4) is 0 Å². The van der Waals surface area contributed by atoms with Crippen molar-refractivity contribution in [1.29, 1.82) is 0 Å². The van der Waals surface area contributed by atoms with Gasteiger partial charge in [0.05, 0.1) is 0 Å². The van der Waals surface area contributed by atoms with Crippen LogP contribution in [0.1, 0.15) is 11.1 Å². The first-order chi connectivity index (χ1) is 18.0. The van der Waals surface area contributed by atoms with Crippen LogP contribution < -0.4 is 11.5 Å². The van der Waals surface area contributed by atoms with E-state index in [1.807, 2.05) is 0 Å². The van der Waals surface area contributed by atoms with E-state index in [9.17, 15) is 62.9 Å². The highest BCUT2D eigenvalue weighted by Gasteiger charge is 2.73. The number of nitrogens with two attached hydrogens (primary N) is 2. The zero-order valence-corrected chi connectivity index (χ0v) is 19.2. The molecule has 0 atom stereocenters. The zero-order valence-electron chi connectivity index (χ0n) is 19.2. The van der Waals surface area contributed by atoms with Crippen LogP contribution in [0.15, 0.2) is 48.5 Å². The van der Waals surface area contributed by atoms with Gasteiger partial charge in [0.25, 0.3) is 11.2 Å². The van der Waals surface area contributed by atoms with Crippen LogP contribution in [0.3, 0.4) is 0 Å². The fourth-order valence-electron chi connectivity index (χ4n) is 4.63. The van der Waals surface area contributed by atoms with E-state index in [1.165, 1.54) is 0 Å². The first-order valence-corrected chi connectivity index (χ1v) is 10.7. The average molecular weight is 590 g/mol. The summed E-state index contributed by atoms with van der Waals surface area (Å²) in [6.07, 6.45) is -25.4.